The molecule has 7 nitrogen and oxygen atoms in total. The van der Waals surface area contributed by atoms with Crippen LogP contribution in [0.3, 0.4) is 0 Å². The van der Waals surface area contributed by atoms with Crippen LogP contribution in [0, 0.1) is 6.92 Å². The maximum atomic E-state index is 13.2. The fourth-order valence-electron chi connectivity index (χ4n) is 3.60. The highest BCUT2D eigenvalue weighted by molar-refractivity contribution is 7.92. The number of carbonyl (C=O) groups excluding carboxylic acids is 1. The van der Waals surface area contributed by atoms with E-state index in [1.807, 2.05) is 0 Å². The SMILES string of the molecule is CCN(c1coc(C2CCCCC2)n1)S(=O)(=O)c1ccc(C)c(C(=O)OC)c1. The van der Waals surface area contributed by atoms with Gasteiger partial charge in [0.15, 0.2) is 11.7 Å². The summed E-state index contributed by atoms with van der Waals surface area (Å²) in [5, 5.41) is 0. The summed E-state index contributed by atoms with van der Waals surface area (Å²) in [5.74, 6) is 0.540. The highest BCUT2D eigenvalue weighted by Crippen LogP contribution is 2.34. The van der Waals surface area contributed by atoms with Crippen molar-refractivity contribution in [2.24, 2.45) is 0 Å². The Balaban J connectivity index is 1.93. The van der Waals surface area contributed by atoms with Crippen molar-refractivity contribution in [3.63, 3.8) is 0 Å². The Labute approximate surface area is 165 Å². The molecule has 1 aliphatic rings. The fraction of sp³-hybridized carbons (Fsp3) is 0.500. The van der Waals surface area contributed by atoms with Gasteiger partial charge in [0.2, 0.25) is 0 Å². The Morgan fingerprint density at radius 2 is 2.00 bits per heavy atom. The molecule has 0 bridgehead atoms. The van der Waals surface area contributed by atoms with E-state index in [0.717, 1.165) is 25.7 Å². The molecule has 1 aromatic carbocycles. The van der Waals surface area contributed by atoms with Gasteiger partial charge in [0, 0.05) is 12.5 Å². The second-order valence-electron chi connectivity index (χ2n) is 7.02. The first-order valence-electron chi connectivity index (χ1n) is 9.55. The van der Waals surface area contributed by atoms with Crippen molar-refractivity contribution >= 4 is 21.8 Å². The van der Waals surface area contributed by atoms with E-state index >= 15 is 0 Å². The molecule has 152 valence electrons. The van der Waals surface area contributed by atoms with Crippen LogP contribution in [0.15, 0.2) is 33.8 Å². The zero-order chi connectivity index (χ0) is 20.3. The lowest BCUT2D eigenvalue weighted by Crippen LogP contribution is -2.31. The predicted molar refractivity (Wildman–Crippen MR) is 105 cm³/mol. The average molecular weight is 407 g/mol. The molecule has 28 heavy (non-hydrogen) atoms. The van der Waals surface area contributed by atoms with Crippen LogP contribution in [-0.2, 0) is 14.8 Å². The van der Waals surface area contributed by atoms with Gasteiger partial charge in [-0.05, 0) is 44.4 Å². The van der Waals surface area contributed by atoms with Crippen LogP contribution < -0.4 is 4.31 Å². The standard InChI is InChI=1S/C20H26N2O5S/c1-4-22(18-13-27-19(21-18)15-8-6-5-7-9-15)28(24,25)16-11-10-14(2)17(12-16)20(23)26-3/h10-13,15H,4-9H2,1-3H3. The quantitative estimate of drug-likeness (QED) is 0.673. The summed E-state index contributed by atoms with van der Waals surface area (Å²) in [5.41, 5.74) is 0.873. The van der Waals surface area contributed by atoms with Gasteiger partial charge >= 0.3 is 5.97 Å². The zero-order valence-corrected chi connectivity index (χ0v) is 17.3. The molecule has 0 unspecified atom stereocenters. The third-order valence-corrected chi connectivity index (χ3v) is 7.08. The number of hydrogen-bond acceptors (Lipinski definition) is 6. The Hall–Kier alpha value is -2.35. The Morgan fingerprint density at radius 1 is 1.29 bits per heavy atom. The van der Waals surface area contributed by atoms with Gasteiger partial charge in [-0.15, -0.1) is 0 Å². The van der Waals surface area contributed by atoms with Crippen molar-refractivity contribution in [2.45, 2.75) is 56.8 Å². The van der Waals surface area contributed by atoms with Crippen molar-refractivity contribution < 1.29 is 22.4 Å². The minimum atomic E-state index is -3.90. The van der Waals surface area contributed by atoms with Crippen LogP contribution >= 0.6 is 0 Å². The Morgan fingerprint density at radius 3 is 2.64 bits per heavy atom. The normalized spacial score (nSPS) is 15.4. The van der Waals surface area contributed by atoms with Crippen molar-refractivity contribution in [1.82, 2.24) is 4.98 Å². The Kier molecular flexibility index (Phi) is 6.07. The minimum Gasteiger partial charge on any atom is -0.465 e. The molecule has 2 aromatic rings. The first-order chi connectivity index (χ1) is 13.4. The highest BCUT2D eigenvalue weighted by Gasteiger charge is 2.29. The van der Waals surface area contributed by atoms with Crippen LogP contribution in [0.4, 0.5) is 5.82 Å². The summed E-state index contributed by atoms with van der Waals surface area (Å²) < 4.78 is 38.0. The molecule has 0 radical (unpaired) electrons. The first-order valence-corrected chi connectivity index (χ1v) is 11.0. The number of ether oxygens (including phenoxy) is 1. The topological polar surface area (TPSA) is 89.7 Å². The maximum absolute atomic E-state index is 13.2. The molecule has 1 fully saturated rings. The molecule has 0 amide bonds. The molecule has 1 aromatic heterocycles. The smallest absolute Gasteiger partial charge is 0.338 e. The molecule has 1 heterocycles. The average Bonchev–Trinajstić information content (AvgIpc) is 3.18. The lowest BCUT2D eigenvalue weighted by molar-refractivity contribution is 0.0599. The van der Waals surface area contributed by atoms with Crippen LogP contribution in [0.1, 0.15) is 66.8 Å². The molecule has 0 atom stereocenters. The molecule has 0 saturated heterocycles. The van der Waals surface area contributed by atoms with Crippen molar-refractivity contribution in [1.29, 1.82) is 0 Å². The van der Waals surface area contributed by atoms with Crippen LogP contribution in [0.5, 0.6) is 0 Å². The van der Waals surface area contributed by atoms with E-state index in [9.17, 15) is 13.2 Å². The molecule has 3 rings (SSSR count). The molecule has 0 aliphatic heterocycles. The number of hydrogen-bond donors (Lipinski definition) is 0. The number of benzene rings is 1. The number of nitrogens with zero attached hydrogens (tertiary/aromatic N) is 2. The zero-order valence-electron chi connectivity index (χ0n) is 16.5. The third-order valence-electron chi connectivity index (χ3n) is 5.21. The lowest BCUT2D eigenvalue weighted by atomic mass is 9.89. The van der Waals surface area contributed by atoms with E-state index < -0.39 is 16.0 Å². The molecular weight excluding hydrogens is 380 g/mol. The molecule has 0 N–H and O–H groups in total. The Bertz CT molecular complexity index is 945. The molecule has 8 heteroatoms. The maximum Gasteiger partial charge on any atom is 0.338 e. The summed E-state index contributed by atoms with van der Waals surface area (Å²) in [6, 6.07) is 4.44. The van der Waals surface area contributed by atoms with E-state index in [0.29, 0.717) is 11.5 Å². The van der Waals surface area contributed by atoms with Crippen LogP contribution in [-0.4, -0.2) is 33.0 Å². The van der Waals surface area contributed by atoms with Gasteiger partial charge in [-0.25, -0.2) is 17.5 Å². The monoisotopic (exact) mass is 406 g/mol. The van der Waals surface area contributed by atoms with E-state index in [4.69, 9.17) is 9.15 Å². The van der Waals surface area contributed by atoms with E-state index in [1.54, 1.807) is 19.9 Å². The summed E-state index contributed by atoms with van der Waals surface area (Å²) in [4.78, 5) is 16.4. The lowest BCUT2D eigenvalue weighted by Gasteiger charge is -2.21. The number of anilines is 1. The summed E-state index contributed by atoms with van der Waals surface area (Å²) in [6.45, 7) is 3.66. The third kappa shape index (κ3) is 3.92. The van der Waals surface area contributed by atoms with Crippen LogP contribution in [0.25, 0.3) is 0 Å². The van der Waals surface area contributed by atoms with Crippen molar-refractivity contribution in [3.8, 4) is 0 Å². The largest absolute Gasteiger partial charge is 0.465 e. The van der Waals surface area contributed by atoms with Crippen molar-refractivity contribution in [3.05, 3.63) is 41.5 Å². The van der Waals surface area contributed by atoms with Gasteiger partial charge in [-0.2, -0.15) is 4.98 Å². The van der Waals surface area contributed by atoms with E-state index in [1.165, 1.54) is 36.2 Å². The summed E-state index contributed by atoms with van der Waals surface area (Å²) >= 11 is 0. The minimum absolute atomic E-state index is 0.0163. The number of methoxy groups -OCH3 is 1. The molecule has 0 spiro atoms. The van der Waals surface area contributed by atoms with Gasteiger partial charge in [0.1, 0.15) is 6.26 Å². The highest BCUT2D eigenvalue weighted by atomic mass is 32.2. The van der Waals surface area contributed by atoms with E-state index in [-0.39, 0.29) is 28.7 Å². The second-order valence-corrected chi connectivity index (χ2v) is 8.88. The van der Waals surface area contributed by atoms with Crippen molar-refractivity contribution in [2.75, 3.05) is 18.0 Å². The van der Waals surface area contributed by atoms with Crippen LogP contribution in [0.2, 0.25) is 0 Å². The number of rotatable bonds is 6. The number of aromatic nitrogens is 1. The summed E-state index contributed by atoms with van der Waals surface area (Å²) in [7, 11) is -2.63. The van der Waals surface area contributed by atoms with Gasteiger partial charge in [0.05, 0.1) is 17.6 Å². The summed E-state index contributed by atoms with van der Waals surface area (Å²) in [6.07, 6.45) is 6.92. The molecule has 1 aliphatic carbocycles. The first kappa shape index (κ1) is 20.4. The fourth-order valence-corrected chi connectivity index (χ4v) is 5.04. The molecular formula is C20H26N2O5S. The molecule has 1 saturated carbocycles. The van der Waals surface area contributed by atoms with Gasteiger partial charge < -0.3 is 9.15 Å². The van der Waals surface area contributed by atoms with E-state index in [2.05, 4.69) is 4.98 Å². The second kappa shape index (κ2) is 8.34. The number of aryl methyl sites for hydroxylation is 1. The van der Waals surface area contributed by atoms with Gasteiger partial charge in [0.25, 0.3) is 10.0 Å². The van der Waals surface area contributed by atoms with Gasteiger partial charge in [-0.1, -0.05) is 25.3 Å². The number of oxazole rings is 1. The van der Waals surface area contributed by atoms with Gasteiger partial charge in [-0.3, -0.25) is 0 Å². The number of carbonyl (C=O) groups is 1. The number of sulfonamides is 1. The number of esters is 1. The predicted octanol–water partition coefficient (Wildman–Crippen LogP) is 4.03.